The van der Waals surface area contributed by atoms with Gasteiger partial charge in [-0.15, -0.1) is 12.4 Å². The predicted molar refractivity (Wildman–Crippen MR) is 57.6 cm³/mol. The fraction of sp³-hybridized carbons (Fsp3) is 0.400. The van der Waals surface area contributed by atoms with Gasteiger partial charge in [-0.3, -0.25) is 0 Å². The summed E-state index contributed by atoms with van der Waals surface area (Å²) in [5, 5.41) is 8.92. The third-order valence-electron chi connectivity index (χ3n) is 2.21. The van der Waals surface area contributed by atoms with E-state index in [1.165, 1.54) is 18.2 Å². The lowest BCUT2D eigenvalue weighted by Gasteiger charge is -2.18. The van der Waals surface area contributed by atoms with Gasteiger partial charge in [0.05, 0.1) is 12.2 Å². The second-order valence-electron chi connectivity index (χ2n) is 3.20. The van der Waals surface area contributed by atoms with Gasteiger partial charge in [0.2, 0.25) is 0 Å². The van der Waals surface area contributed by atoms with Crippen LogP contribution in [0, 0.1) is 0 Å². The van der Waals surface area contributed by atoms with Crippen molar-refractivity contribution >= 4 is 12.4 Å². The fourth-order valence-electron chi connectivity index (χ4n) is 1.41. The fourth-order valence-corrected chi connectivity index (χ4v) is 1.41. The van der Waals surface area contributed by atoms with Crippen LogP contribution >= 0.6 is 12.4 Å². The molecule has 1 aromatic carbocycles. The first-order valence-electron chi connectivity index (χ1n) is 4.47. The molecule has 3 N–H and O–H groups in total. The van der Waals surface area contributed by atoms with E-state index >= 15 is 0 Å². The molecule has 1 unspecified atom stereocenters. The number of aliphatic hydroxyl groups is 1. The number of hydrogen-bond acceptors (Lipinski definition) is 2. The molecule has 0 bridgehead atoms. The molecule has 0 aliphatic heterocycles. The van der Waals surface area contributed by atoms with Crippen LogP contribution in [-0.4, -0.2) is 18.3 Å². The molecule has 1 aromatic rings. The number of alkyl halides is 3. The highest BCUT2D eigenvalue weighted by Gasteiger charge is 2.34. The van der Waals surface area contributed by atoms with Crippen molar-refractivity contribution in [2.75, 3.05) is 13.2 Å². The lowest BCUT2D eigenvalue weighted by molar-refractivity contribution is -0.138. The monoisotopic (exact) mass is 255 g/mol. The quantitative estimate of drug-likeness (QED) is 0.870. The minimum atomic E-state index is -4.40. The zero-order valence-corrected chi connectivity index (χ0v) is 9.18. The van der Waals surface area contributed by atoms with E-state index < -0.39 is 17.7 Å². The molecule has 0 aliphatic rings. The minimum absolute atomic E-state index is 0. The molecule has 0 radical (unpaired) electrons. The molecule has 0 aliphatic carbocycles. The van der Waals surface area contributed by atoms with Crippen LogP contribution in [0.2, 0.25) is 0 Å². The molecular weight excluding hydrogens is 243 g/mol. The summed E-state index contributed by atoms with van der Waals surface area (Å²) < 4.78 is 37.7. The standard InChI is InChI=1S/C10H12F3NO.ClH/c11-10(12,13)9-4-2-1-3-8(9)7(5-14)6-15;/h1-4,7,15H,5-6,14H2;1H. The summed E-state index contributed by atoms with van der Waals surface area (Å²) in [6.07, 6.45) is -4.40. The van der Waals surface area contributed by atoms with Crippen molar-refractivity contribution in [2.45, 2.75) is 12.1 Å². The van der Waals surface area contributed by atoms with Gasteiger partial charge in [-0.05, 0) is 11.6 Å². The summed E-state index contributed by atoms with van der Waals surface area (Å²) >= 11 is 0. The summed E-state index contributed by atoms with van der Waals surface area (Å²) in [5.41, 5.74) is 4.62. The SMILES string of the molecule is Cl.NCC(CO)c1ccccc1C(F)(F)F. The van der Waals surface area contributed by atoms with Crippen LogP contribution in [0.15, 0.2) is 24.3 Å². The normalized spacial score (nSPS) is 13.1. The topological polar surface area (TPSA) is 46.2 Å². The summed E-state index contributed by atoms with van der Waals surface area (Å²) in [6.45, 7) is -0.396. The summed E-state index contributed by atoms with van der Waals surface area (Å²) in [5.74, 6) is -0.664. The molecule has 0 saturated heterocycles. The Balaban J connectivity index is 0.00000225. The molecule has 0 fully saturated rings. The molecule has 0 heterocycles. The van der Waals surface area contributed by atoms with E-state index in [0.717, 1.165) is 6.07 Å². The highest BCUT2D eigenvalue weighted by atomic mass is 35.5. The molecule has 6 heteroatoms. The Hall–Kier alpha value is -0.780. The predicted octanol–water partition coefficient (Wildman–Crippen LogP) is 2.16. The maximum absolute atomic E-state index is 12.6. The number of halogens is 4. The summed E-state index contributed by atoms with van der Waals surface area (Å²) in [4.78, 5) is 0. The van der Waals surface area contributed by atoms with E-state index in [0.29, 0.717) is 0 Å². The Morgan fingerprint density at radius 1 is 1.25 bits per heavy atom. The molecule has 0 amide bonds. The van der Waals surface area contributed by atoms with Crippen molar-refractivity contribution in [2.24, 2.45) is 5.73 Å². The third-order valence-corrected chi connectivity index (χ3v) is 2.21. The van der Waals surface area contributed by atoms with Gasteiger partial charge in [0.15, 0.2) is 0 Å². The Bertz CT molecular complexity index is 326. The molecule has 92 valence electrons. The van der Waals surface area contributed by atoms with Crippen LogP contribution in [0.1, 0.15) is 17.0 Å². The second-order valence-corrected chi connectivity index (χ2v) is 3.20. The van der Waals surface area contributed by atoms with E-state index in [9.17, 15) is 13.2 Å². The van der Waals surface area contributed by atoms with Crippen LogP contribution in [-0.2, 0) is 6.18 Å². The largest absolute Gasteiger partial charge is 0.416 e. The first-order chi connectivity index (χ1) is 7.00. The Labute approximate surface area is 97.7 Å². The average Bonchev–Trinajstić information content (AvgIpc) is 2.19. The van der Waals surface area contributed by atoms with Crippen molar-refractivity contribution in [1.82, 2.24) is 0 Å². The van der Waals surface area contributed by atoms with Gasteiger partial charge < -0.3 is 10.8 Å². The lowest BCUT2D eigenvalue weighted by atomic mass is 9.94. The van der Waals surface area contributed by atoms with Gasteiger partial charge in [-0.1, -0.05) is 18.2 Å². The molecule has 1 rings (SSSR count). The number of aliphatic hydroxyl groups excluding tert-OH is 1. The highest BCUT2D eigenvalue weighted by Crippen LogP contribution is 2.34. The molecule has 2 nitrogen and oxygen atoms in total. The van der Waals surface area contributed by atoms with Crippen LogP contribution in [0.25, 0.3) is 0 Å². The molecule has 0 aromatic heterocycles. The number of rotatable bonds is 3. The Morgan fingerprint density at radius 2 is 1.81 bits per heavy atom. The second kappa shape index (κ2) is 6.08. The van der Waals surface area contributed by atoms with Crippen LogP contribution in [0.3, 0.4) is 0 Å². The van der Waals surface area contributed by atoms with E-state index in [-0.39, 0.29) is 31.1 Å². The lowest BCUT2D eigenvalue weighted by Crippen LogP contribution is -2.20. The summed E-state index contributed by atoms with van der Waals surface area (Å²) in [6, 6.07) is 5.16. The first-order valence-corrected chi connectivity index (χ1v) is 4.47. The van der Waals surface area contributed by atoms with Crippen molar-refractivity contribution in [3.05, 3.63) is 35.4 Å². The van der Waals surface area contributed by atoms with Gasteiger partial charge in [-0.2, -0.15) is 13.2 Å². The average molecular weight is 256 g/mol. The Kier molecular flexibility index (Phi) is 5.78. The molecule has 1 atom stereocenters. The van der Waals surface area contributed by atoms with E-state index in [1.54, 1.807) is 0 Å². The number of hydrogen-bond donors (Lipinski definition) is 2. The van der Waals surface area contributed by atoms with Gasteiger partial charge in [0, 0.05) is 12.5 Å². The van der Waals surface area contributed by atoms with Crippen molar-refractivity contribution in [1.29, 1.82) is 0 Å². The maximum atomic E-state index is 12.6. The molecule has 0 saturated carbocycles. The third kappa shape index (κ3) is 3.37. The van der Waals surface area contributed by atoms with E-state index in [4.69, 9.17) is 10.8 Å². The van der Waals surface area contributed by atoms with Crippen LogP contribution in [0.4, 0.5) is 13.2 Å². The van der Waals surface area contributed by atoms with Crippen LogP contribution < -0.4 is 5.73 Å². The molecule has 0 spiro atoms. The number of benzene rings is 1. The van der Waals surface area contributed by atoms with Crippen molar-refractivity contribution in [3.63, 3.8) is 0 Å². The number of nitrogens with two attached hydrogens (primary N) is 1. The Morgan fingerprint density at radius 3 is 2.25 bits per heavy atom. The molecular formula is C10H13ClF3NO. The maximum Gasteiger partial charge on any atom is 0.416 e. The minimum Gasteiger partial charge on any atom is -0.396 e. The van der Waals surface area contributed by atoms with Crippen molar-refractivity contribution in [3.8, 4) is 0 Å². The van der Waals surface area contributed by atoms with Gasteiger partial charge in [0.25, 0.3) is 0 Å². The zero-order valence-electron chi connectivity index (χ0n) is 8.37. The smallest absolute Gasteiger partial charge is 0.396 e. The van der Waals surface area contributed by atoms with Crippen LogP contribution in [0.5, 0.6) is 0 Å². The summed E-state index contributed by atoms with van der Waals surface area (Å²) in [7, 11) is 0. The van der Waals surface area contributed by atoms with Gasteiger partial charge in [-0.25, -0.2) is 0 Å². The van der Waals surface area contributed by atoms with Crippen molar-refractivity contribution < 1.29 is 18.3 Å². The van der Waals surface area contributed by atoms with E-state index in [2.05, 4.69) is 0 Å². The van der Waals surface area contributed by atoms with Gasteiger partial charge >= 0.3 is 6.18 Å². The zero-order chi connectivity index (χ0) is 11.5. The first kappa shape index (κ1) is 15.2. The highest BCUT2D eigenvalue weighted by molar-refractivity contribution is 5.85. The molecule has 16 heavy (non-hydrogen) atoms. The van der Waals surface area contributed by atoms with E-state index in [1.807, 2.05) is 0 Å². The van der Waals surface area contributed by atoms with Gasteiger partial charge in [0.1, 0.15) is 0 Å².